The fourth-order valence-electron chi connectivity index (χ4n) is 2.22. The monoisotopic (exact) mass is 303 g/mol. The number of benzene rings is 1. The number of anilines is 3. The van der Waals surface area contributed by atoms with Crippen molar-refractivity contribution in [2.45, 2.75) is 25.0 Å². The molecular weight excluding hydrogens is 285 g/mol. The van der Waals surface area contributed by atoms with Gasteiger partial charge in [0, 0.05) is 23.6 Å². The molecule has 1 heterocycles. The summed E-state index contributed by atoms with van der Waals surface area (Å²) in [4.78, 5) is 1.97. The normalized spacial score (nSPS) is 19.3. The van der Waals surface area contributed by atoms with Crippen LogP contribution in [0.1, 0.15) is 20.3 Å². The van der Waals surface area contributed by atoms with Crippen LogP contribution in [0.15, 0.2) is 6.07 Å². The van der Waals surface area contributed by atoms with Gasteiger partial charge in [-0.05, 0) is 12.5 Å². The second-order valence-electron chi connectivity index (χ2n) is 5.38. The lowest BCUT2D eigenvalue weighted by Crippen LogP contribution is -2.28. The highest BCUT2D eigenvalue weighted by Crippen LogP contribution is 2.39. The highest BCUT2D eigenvalue weighted by Gasteiger charge is 2.27. The average Bonchev–Trinajstić information content (AvgIpc) is 2.48. The number of hydrogen-bond donors (Lipinski definition) is 2. The van der Waals surface area contributed by atoms with E-state index in [1.807, 2.05) is 16.7 Å². The van der Waals surface area contributed by atoms with Crippen LogP contribution in [0.4, 0.5) is 21.5 Å². The molecule has 4 N–H and O–H groups in total. The molecule has 19 heavy (non-hydrogen) atoms. The second kappa shape index (κ2) is 5.29. The summed E-state index contributed by atoms with van der Waals surface area (Å²) >= 11 is 7.78. The van der Waals surface area contributed by atoms with Crippen LogP contribution in [0.2, 0.25) is 5.02 Å². The van der Waals surface area contributed by atoms with Crippen LogP contribution in [0, 0.1) is 5.82 Å². The molecule has 0 aromatic heterocycles. The number of hydrogen-bond acceptors (Lipinski definition) is 4. The van der Waals surface area contributed by atoms with E-state index in [0.29, 0.717) is 11.4 Å². The van der Waals surface area contributed by atoms with Crippen LogP contribution in [-0.4, -0.2) is 23.6 Å². The van der Waals surface area contributed by atoms with Crippen LogP contribution in [0.25, 0.3) is 0 Å². The van der Waals surface area contributed by atoms with Crippen LogP contribution < -0.4 is 16.4 Å². The summed E-state index contributed by atoms with van der Waals surface area (Å²) < 4.78 is 14.5. The van der Waals surface area contributed by atoms with Crippen molar-refractivity contribution >= 4 is 40.4 Å². The molecule has 0 unspecified atom stereocenters. The van der Waals surface area contributed by atoms with E-state index in [1.54, 1.807) is 0 Å². The van der Waals surface area contributed by atoms with Gasteiger partial charge in [-0.1, -0.05) is 25.4 Å². The van der Waals surface area contributed by atoms with Gasteiger partial charge in [-0.25, -0.2) is 4.39 Å². The van der Waals surface area contributed by atoms with Crippen molar-refractivity contribution in [1.29, 1.82) is 0 Å². The molecular formula is C13H19ClFN3S. The van der Waals surface area contributed by atoms with Gasteiger partial charge in [-0.15, -0.1) is 0 Å². The van der Waals surface area contributed by atoms with Crippen LogP contribution in [-0.2, 0) is 0 Å². The lowest BCUT2D eigenvalue weighted by atomic mass is 10.1. The lowest BCUT2D eigenvalue weighted by molar-refractivity contribution is 0.604. The second-order valence-corrected chi connectivity index (χ2v) is 7.56. The Morgan fingerprint density at radius 1 is 1.32 bits per heavy atom. The minimum Gasteiger partial charge on any atom is -0.397 e. The van der Waals surface area contributed by atoms with E-state index in [4.69, 9.17) is 23.1 Å². The van der Waals surface area contributed by atoms with Gasteiger partial charge >= 0.3 is 0 Å². The first-order valence-electron chi connectivity index (χ1n) is 6.24. The molecule has 1 fully saturated rings. The van der Waals surface area contributed by atoms with E-state index in [2.05, 4.69) is 13.8 Å². The zero-order chi connectivity index (χ0) is 14.2. The van der Waals surface area contributed by atoms with E-state index < -0.39 is 5.82 Å². The third kappa shape index (κ3) is 3.03. The molecule has 106 valence electrons. The number of nitrogen functional groups attached to an aromatic ring is 2. The predicted octanol–water partition coefficient (Wildman–Crippen LogP) is 3.37. The number of halogens is 2. The van der Waals surface area contributed by atoms with Gasteiger partial charge in [0.25, 0.3) is 0 Å². The van der Waals surface area contributed by atoms with Gasteiger partial charge in [0.05, 0.1) is 17.1 Å². The Morgan fingerprint density at radius 3 is 2.68 bits per heavy atom. The highest BCUT2D eigenvalue weighted by molar-refractivity contribution is 8.00. The summed E-state index contributed by atoms with van der Waals surface area (Å²) in [6.07, 6.45) is 0.971. The van der Waals surface area contributed by atoms with Crippen LogP contribution in [0.3, 0.4) is 0 Å². The molecule has 6 heteroatoms. The van der Waals surface area contributed by atoms with Crippen LogP contribution in [0.5, 0.6) is 0 Å². The number of rotatable bonds is 1. The maximum atomic E-state index is 14.3. The molecule has 1 aromatic rings. The van der Waals surface area contributed by atoms with Crippen molar-refractivity contribution in [1.82, 2.24) is 0 Å². The van der Waals surface area contributed by atoms with Gasteiger partial charge in [0.2, 0.25) is 0 Å². The van der Waals surface area contributed by atoms with Gasteiger partial charge in [0.15, 0.2) is 5.82 Å². The molecule has 2 rings (SSSR count). The van der Waals surface area contributed by atoms with E-state index in [0.717, 1.165) is 25.3 Å². The molecule has 3 nitrogen and oxygen atoms in total. The molecule has 1 saturated heterocycles. The van der Waals surface area contributed by atoms with Gasteiger partial charge in [-0.2, -0.15) is 11.8 Å². The standard InChI is InChI=1S/C13H19ClFN3S/c1-13(2)3-4-18(5-6-19-13)12-9(17)7-8(16)10(14)11(12)15/h7H,3-6,16-17H2,1-2H3. The van der Waals surface area contributed by atoms with Crippen molar-refractivity contribution in [3.8, 4) is 0 Å². The SMILES string of the molecule is CC1(C)CCN(c2c(N)cc(N)c(Cl)c2F)CCS1. The molecule has 0 amide bonds. The molecule has 0 spiro atoms. The third-order valence-corrected chi connectivity index (χ3v) is 5.15. The zero-order valence-corrected chi connectivity index (χ0v) is 12.7. The van der Waals surface area contributed by atoms with Gasteiger partial charge in [-0.3, -0.25) is 0 Å². The fraction of sp³-hybridized carbons (Fsp3) is 0.538. The molecule has 0 aliphatic carbocycles. The maximum Gasteiger partial charge on any atom is 0.169 e. The fourth-order valence-corrected chi connectivity index (χ4v) is 3.47. The minimum absolute atomic E-state index is 0.0413. The predicted molar refractivity (Wildman–Crippen MR) is 83.6 cm³/mol. The molecule has 0 bridgehead atoms. The Morgan fingerprint density at radius 2 is 2.00 bits per heavy atom. The van der Waals surface area contributed by atoms with E-state index in [1.165, 1.54) is 6.07 Å². The van der Waals surface area contributed by atoms with Crippen molar-refractivity contribution in [3.05, 3.63) is 16.9 Å². The van der Waals surface area contributed by atoms with Crippen LogP contribution >= 0.6 is 23.4 Å². The first-order valence-corrected chi connectivity index (χ1v) is 7.60. The van der Waals surface area contributed by atoms with E-state index >= 15 is 0 Å². The number of nitrogens with two attached hydrogens (primary N) is 2. The minimum atomic E-state index is -0.510. The summed E-state index contributed by atoms with van der Waals surface area (Å²) in [5.74, 6) is 0.428. The Labute approximate surface area is 122 Å². The molecule has 0 radical (unpaired) electrons. The first-order chi connectivity index (χ1) is 8.82. The smallest absolute Gasteiger partial charge is 0.169 e. The molecule has 1 aliphatic heterocycles. The summed E-state index contributed by atoms with van der Waals surface area (Å²) in [5, 5.41) is -0.0413. The summed E-state index contributed by atoms with van der Waals surface area (Å²) in [6, 6.07) is 1.53. The molecule has 1 aliphatic rings. The maximum absolute atomic E-state index is 14.3. The quantitative estimate of drug-likeness (QED) is 0.781. The molecule has 0 saturated carbocycles. The average molecular weight is 304 g/mol. The topological polar surface area (TPSA) is 55.3 Å². The number of nitrogens with zero attached hydrogens (tertiary/aromatic N) is 1. The Balaban J connectivity index is 2.34. The van der Waals surface area contributed by atoms with Crippen molar-refractivity contribution in [2.24, 2.45) is 0 Å². The summed E-state index contributed by atoms with van der Waals surface area (Å²) in [7, 11) is 0. The third-order valence-electron chi connectivity index (χ3n) is 3.39. The largest absolute Gasteiger partial charge is 0.397 e. The Bertz CT molecular complexity index is 493. The summed E-state index contributed by atoms with van der Waals surface area (Å²) in [5.41, 5.74) is 12.5. The van der Waals surface area contributed by atoms with Crippen molar-refractivity contribution in [2.75, 3.05) is 35.2 Å². The first kappa shape index (κ1) is 14.6. The lowest BCUT2D eigenvalue weighted by Gasteiger charge is -2.26. The summed E-state index contributed by atoms with van der Waals surface area (Å²) in [6.45, 7) is 5.94. The van der Waals surface area contributed by atoms with Crippen molar-refractivity contribution in [3.63, 3.8) is 0 Å². The molecule has 1 aromatic carbocycles. The van der Waals surface area contributed by atoms with Gasteiger partial charge in [0.1, 0.15) is 5.02 Å². The Hall–Kier alpha value is -0.810. The number of thioether (sulfide) groups is 1. The molecule has 0 atom stereocenters. The zero-order valence-electron chi connectivity index (χ0n) is 11.2. The van der Waals surface area contributed by atoms with Gasteiger partial charge < -0.3 is 16.4 Å². The Kier molecular flexibility index (Phi) is 4.06. The van der Waals surface area contributed by atoms with E-state index in [9.17, 15) is 4.39 Å². The highest BCUT2D eigenvalue weighted by atomic mass is 35.5. The van der Waals surface area contributed by atoms with E-state index in [-0.39, 0.29) is 15.5 Å². The van der Waals surface area contributed by atoms with Crippen molar-refractivity contribution < 1.29 is 4.39 Å².